The molecule has 4 rings (SSSR count). The van der Waals surface area contributed by atoms with Crippen LogP contribution in [-0.4, -0.2) is 23.7 Å². The fourth-order valence-corrected chi connectivity index (χ4v) is 3.59. The number of nitrogens with zero attached hydrogens (tertiary/aromatic N) is 1. The Bertz CT molecular complexity index is 1080. The Labute approximate surface area is 168 Å². The van der Waals surface area contributed by atoms with E-state index >= 15 is 0 Å². The molecule has 1 fully saturated rings. The first-order valence-corrected chi connectivity index (χ1v) is 9.98. The summed E-state index contributed by atoms with van der Waals surface area (Å²) < 4.78 is 11.4. The Balaban J connectivity index is 1.77. The van der Waals surface area contributed by atoms with Crippen LogP contribution in [0.1, 0.15) is 43.0 Å². The van der Waals surface area contributed by atoms with Crippen molar-refractivity contribution in [1.29, 1.82) is 0 Å². The molecule has 1 heterocycles. The Hall–Kier alpha value is -3.28. The Morgan fingerprint density at radius 3 is 2.66 bits per heavy atom. The van der Waals surface area contributed by atoms with Gasteiger partial charge in [-0.15, -0.1) is 0 Å². The molecule has 1 amide bonds. The summed E-state index contributed by atoms with van der Waals surface area (Å²) >= 11 is 0. The van der Waals surface area contributed by atoms with Gasteiger partial charge in [-0.05, 0) is 62.2 Å². The first kappa shape index (κ1) is 19.1. The summed E-state index contributed by atoms with van der Waals surface area (Å²) in [5.41, 5.74) is 1.70. The highest BCUT2D eigenvalue weighted by molar-refractivity contribution is 5.96. The van der Waals surface area contributed by atoms with E-state index in [1.807, 2.05) is 31.2 Å². The second-order valence-electron chi connectivity index (χ2n) is 7.18. The van der Waals surface area contributed by atoms with Gasteiger partial charge >= 0.3 is 0 Å². The van der Waals surface area contributed by atoms with Crippen LogP contribution in [0.4, 0.5) is 5.69 Å². The highest BCUT2D eigenvalue weighted by Gasteiger charge is 2.20. The van der Waals surface area contributed by atoms with Gasteiger partial charge in [-0.1, -0.05) is 12.8 Å². The van der Waals surface area contributed by atoms with Gasteiger partial charge in [-0.2, -0.15) is 0 Å². The Morgan fingerprint density at radius 1 is 1.17 bits per heavy atom. The lowest BCUT2D eigenvalue weighted by molar-refractivity contribution is 0.0934. The highest BCUT2D eigenvalue weighted by atomic mass is 16.5. The first-order valence-electron chi connectivity index (χ1n) is 9.98. The van der Waals surface area contributed by atoms with Crippen molar-refractivity contribution in [2.24, 2.45) is 4.99 Å². The maximum absolute atomic E-state index is 13.0. The lowest BCUT2D eigenvalue weighted by Gasteiger charge is -2.12. The molecule has 1 aliphatic rings. The minimum absolute atomic E-state index is 0.0939. The summed E-state index contributed by atoms with van der Waals surface area (Å²) in [6, 6.07) is 14.0. The Kier molecular flexibility index (Phi) is 5.51. The summed E-state index contributed by atoms with van der Waals surface area (Å²) in [5.74, 6) is 0.655. The molecule has 1 aromatic heterocycles. The van der Waals surface area contributed by atoms with Gasteiger partial charge in [-0.25, -0.2) is 4.99 Å². The number of rotatable bonds is 5. The molecule has 2 aromatic carbocycles. The molecule has 3 aromatic rings. The maximum atomic E-state index is 13.0. The second kappa shape index (κ2) is 8.39. The van der Waals surface area contributed by atoms with Gasteiger partial charge in [0.2, 0.25) is 5.55 Å². The molecule has 0 radical (unpaired) electrons. The van der Waals surface area contributed by atoms with E-state index in [9.17, 15) is 9.90 Å². The van der Waals surface area contributed by atoms with Gasteiger partial charge < -0.3 is 19.6 Å². The van der Waals surface area contributed by atoms with Crippen LogP contribution in [0.5, 0.6) is 11.5 Å². The number of carbonyl (C=O) groups excluding carboxylic acids is 1. The molecule has 0 bridgehead atoms. The van der Waals surface area contributed by atoms with Crippen LogP contribution >= 0.6 is 0 Å². The molecule has 2 N–H and O–H groups in total. The van der Waals surface area contributed by atoms with Crippen LogP contribution in [-0.2, 0) is 0 Å². The van der Waals surface area contributed by atoms with Crippen molar-refractivity contribution < 1.29 is 19.1 Å². The van der Waals surface area contributed by atoms with E-state index in [1.165, 1.54) is 6.07 Å². The predicted octanol–water partition coefficient (Wildman–Crippen LogP) is 4.44. The van der Waals surface area contributed by atoms with Crippen molar-refractivity contribution >= 4 is 22.6 Å². The number of amides is 1. The number of aromatic hydroxyl groups is 1. The third-order valence-corrected chi connectivity index (χ3v) is 5.05. The van der Waals surface area contributed by atoms with Crippen molar-refractivity contribution in [3.05, 3.63) is 59.6 Å². The molecule has 6 nitrogen and oxygen atoms in total. The number of nitrogens with one attached hydrogen (secondary N) is 1. The molecule has 0 saturated heterocycles. The van der Waals surface area contributed by atoms with Crippen molar-refractivity contribution in [3.63, 3.8) is 0 Å². The quantitative estimate of drug-likeness (QED) is 0.672. The molecule has 0 spiro atoms. The number of fused-ring (bicyclic) bond motifs is 1. The van der Waals surface area contributed by atoms with Gasteiger partial charge in [0.15, 0.2) is 0 Å². The minimum atomic E-state index is -0.194. The van der Waals surface area contributed by atoms with Gasteiger partial charge in [0.1, 0.15) is 22.6 Å². The topological polar surface area (TPSA) is 84.1 Å². The van der Waals surface area contributed by atoms with Crippen LogP contribution in [0, 0.1) is 0 Å². The molecule has 29 heavy (non-hydrogen) atoms. The number of phenolic OH excluding ortho intramolecular Hbond substituents is 1. The number of phenols is 1. The van der Waals surface area contributed by atoms with Gasteiger partial charge in [0.25, 0.3) is 5.91 Å². The summed E-state index contributed by atoms with van der Waals surface area (Å²) in [6.45, 7) is 2.52. The number of ether oxygens (including phenoxy) is 1. The molecule has 0 unspecified atom stereocenters. The Morgan fingerprint density at radius 2 is 1.93 bits per heavy atom. The maximum Gasteiger partial charge on any atom is 0.257 e. The fourth-order valence-electron chi connectivity index (χ4n) is 3.59. The van der Waals surface area contributed by atoms with Crippen molar-refractivity contribution in [3.8, 4) is 11.5 Å². The van der Waals surface area contributed by atoms with E-state index in [0.717, 1.165) is 36.8 Å². The third-order valence-electron chi connectivity index (χ3n) is 5.05. The molecule has 0 atom stereocenters. The number of carbonyl (C=O) groups is 1. The minimum Gasteiger partial charge on any atom is -0.508 e. The standard InChI is InChI=1S/C23H24N2O4/c1-2-28-19-11-8-17(9-12-19)25-23-20(22(27)24-16-5-3-4-6-16)13-15-7-10-18(26)14-21(15)29-23/h7-14,16,26H,2-6H2,1H3,(H,24,27). The fraction of sp³-hybridized carbons (Fsp3) is 0.304. The van der Waals surface area contributed by atoms with Crippen LogP contribution in [0.25, 0.3) is 11.0 Å². The molecule has 6 heteroatoms. The van der Waals surface area contributed by atoms with Crippen LogP contribution < -0.4 is 15.6 Å². The normalized spacial score (nSPS) is 15.0. The number of hydrogen-bond acceptors (Lipinski definition) is 5. The predicted molar refractivity (Wildman–Crippen MR) is 110 cm³/mol. The average molecular weight is 392 g/mol. The smallest absolute Gasteiger partial charge is 0.257 e. The van der Waals surface area contributed by atoms with E-state index in [-0.39, 0.29) is 23.3 Å². The zero-order valence-electron chi connectivity index (χ0n) is 16.4. The van der Waals surface area contributed by atoms with Gasteiger partial charge in [0.05, 0.1) is 12.3 Å². The second-order valence-corrected chi connectivity index (χ2v) is 7.18. The first-order chi connectivity index (χ1) is 14.1. The largest absolute Gasteiger partial charge is 0.508 e. The van der Waals surface area contributed by atoms with E-state index in [2.05, 4.69) is 10.3 Å². The zero-order chi connectivity index (χ0) is 20.2. The molecule has 1 aliphatic carbocycles. The summed E-state index contributed by atoms with van der Waals surface area (Å²) in [4.78, 5) is 17.5. The third kappa shape index (κ3) is 4.42. The summed E-state index contributed by atoms with van der Waals surface area (Å²) in [6.07, 6.45) is 4.26. The molecular weight excluding hydrogens is 368 g/mol. The molecule has 1 saturated carbocycles. The van der Waals surface area contributed by atoms with Gasteiger partial charge in [0, 0.05) is 17.5 Å². The van der Waals surface area contributed by atoms with Crippen molar-refractivity contribution in [2.75, 3.05) is 6.61 Å². The highest BCUT2D eigenvalue weighted by Crippen LogP contribution is 2.22. The van der Waals surface area contributed by atoms with E-state index in [0.29, 0.717) is 23.4 Å². The molecule has 0 aliphatic heterocycles. The van der Waals surface area contributed by atoms with Crippen LogP contribution in [0.15, 0.2) is 57.9 Å². The zero-order valence-corrected chi connectivity index (χ0v) is 16.4. The van der Waals surface area contributed by atoms with E-state index < -0.39 is 0 Å². The SMILES string of the molecule is CCOc1ccc(N=c2oc3cc(O)ccc3cc2C(=O)NC2CCCC2)cc1. The van der Waals surface area contributed by atoms with Crippen LogP contribution in [0.2, 0.25) is 0 Å². The summed E-state index contributed by atoms with van der Waals surface area (Å²) in [5, 5.41) is 13.6. The van der Waals surface area contributed by atoms with E-state index in [4.69, 9.17) is 9.15 Å². The lowest BCUT2D eigenvalue weighted by atomic mass is 10.1. The summed E-state index contributed by atoms with van der Waals surface area (Å²) in [7, 11) is 0. The van der Waals surface area contributed by atoms with E-state index in [1.54, 1.807) is 18.2 Å². The van der Waals surface area contributed by atoms with Gasteiger partial charge in [-0.3, -0.25) is 4.79 Å². The number of benzene rings is 2. The van der Waals surface area contributed by atoms with Crippen LogP contribution in [0.3, 0.4) is 0 Å². The lowest BCUT2D eigenvalue weighted by Crippen LogP contribution is -2.35. The average Bonchev–Trinajstić information content (AvgIpc) is 3.22. The molecular formula is C23H24N2O4. The monoisotopic (exact) mass is 392 g/mol. The molecule has 150 valence electrons. The van der Waals surface area contributed by atoms with Crippen molar-refractivity contribution in [1.82, 2.24) is 5.32 Å². The number of hydrogen-bond donors (Lipinski definition) is 2. The van der Waals surface area contributed by atoms with Crippen molar-refractivity contribution in [2.45, 2.75) is 38.6 Å².